The van der Waals surface area contributed by atoms with Gasteiger partial charge in [0.15, 0.2) is 5.79 Å². The quantitative estimate of drug-likeness (QED) is 0.0413. The molecule has 1 saturated heterocycles. The van der Waals surface area contributed by atoms with E-state index in [-0.39, 0.29) is 6.10 Å². The van der Waals surface area contributed by atoms with Crippen molar-refractivity contribution >= 4 is 0 Å². The Balaban J connectivity index is 2.24. The summed E-state index contributed by atoms with van der Waals surface area (Å²) < 4.78 is 6.43. The number of aliphatic hydroxyl groups excluding tert-OH is 1. The lowest BCUT2D eigenvalue weighted by atomic mass is 9.98. The molecule has 1 heterocycles. The van der Waals surface area contributed by atoms with E-state index in [1.807, 2.05) is 0 Å². The molecule has 0 aromatic carbocycles. The number of aliphatic hydroxyl groups is 2. The van der Waals surface area contributed by atoms with Crippen LogP contribution in [0.1, 0.15) is 206 Å². The van der Waals surface area contributed by atoms with Gasteiger partial charge >= 0.3 is 0 Å². The van der Waals surface area contributed by atoms with Crippen LogP contribution in [-0.2, 0) is 4.74 Å². The van der Waals surface area contributed by atoms with E-state index in [4.69, 9.17) is 4.74 Å². The number of unbranched alkanes of at least 4 members (excludes halogenated alkanes) is 21. The van der Waals surface area contributed by atoms with E-state index in [1.54, 1.807) is 0 Å². The average molecular weight is 674 g/mol. The number of hydrogen-bond donors (Lipinski definition) is 2. The normalized spacial score (nSPS) is 19.2. The van der Waals surface area contributed by atoms with Crippen molar-refractivity contribution in [2.45, 2.75) is 224 Å². The second-order valence-corrected chi connectivity index (χ2v) is 15.1. The van der Waals surface area contributed by atoms with Gasteiger partial charge in [0.1, 0.15) is 0 Å². The highest BCUT2D eigenvalue weighted by molar-refractivity contribution is 4.92. The molecule has 0 aromatic heterocycles. The van der Waals surface area contributed by atoms with E-state index in [2.05, 4.69) is 62.3 Å². The van der Waals surface area contributed by atoms with Gasteiger partial charge in [0.25, 0.3) is 0 Å². The van der Waals surface area contributed by atoms with E-state index in [1.165, 1.54) is 135 Å². The van der Waals surface area contributed by atoms with Crippen LogP contribution in [0.15, 0.2) is 36.5 Å². The molecule has 0 amide bonds. The highest BCUT2D eigenvalue weighted by Gasteiger charge is 2.34. The predicted octanol–water partition coefficient (Wildman–Crippen LogP) is 12.8. The number of ether oxygens (including phenoxy) is 1. The lowest BCUT2D eigenvalue weighted by molar-refractivity contribution is -0.254. The van der Waals surface area contributed by atoms with E-state index in [0.717, 1.165) is 58.0 Å². The zero-order valence-corrected chi connectivity index (χ0v) is 32.5. The summed E-state index contributed by atoms with van der Waals surface area (Å²) in [4.78, 5) is 2.26. The molecule has 48 heavy (non-hydrogen) atoms. The zero-order valence-electron chi connectivity index (χ0n) is 32.5. The van der Waals surface area contributed by atoms with Gasteiger partial charge in [-0.25, -0.2) is 0 Å². The number of allylic oxidation sites excluding steroid dienone is 6. The van der Waals surface area contributed by atoms with Gasteiger partial charge in [-0.05, 0) is 90.5 Å². The average Bonchev–Trinajstić information content (AvgIpc) is 3.23. The Morgan fingerprint density at radius 2 is 0.917 bits per heavy atom. The first-order chi connectivity index (χ1) is 23.5. The van der Waals surface area contributed by atoms with Crippen molar-refractivity contribution in [3.8, 4) is 0 Å². The molecule has 4 nitrogen and oxygen atoms in total. The largest absolute Gasteiger partial charge is 0.390 e. The fourth-order valence-corrected chi connectivity index (χ4v) is 6.89. The molecule has 0 radical (unpaired) electrons. The number of hydrogen-bond acceptors (Lipinski definition) is 4. The minimum atomic E-state index is -1.11. The molecule has 4 heteroatoms. The van der Waals surface area contributed by atoms with Crippen molar-refractivity contribution in [2.75, 3.05) is 20.1 Å². The molecule has 0 spiro atoms. The second kappa shape index (κ2) is 33.2. The molecule has 0 saturated carbocycles. The molecule has 282 valence electrons. The van der Waals surface area contributed by atoms with Gasteiger partial charge in [-0.1, -0.05) is 147 Å². The Bertz CT molecular complexity index is 764. The predicted molar refractivity (Wildman–Crippen MR) is 211 cm³/mol. The Hall–Kier alpha value is -0.940. The Kier molecular flexibility index (Phi) is 31.2. The maximum absolute atomic E-state index is 11.7. The van der Waals surface area contributed by atoms with Gasteiger partial charge in [0.2, 0.25) is 0 Å². The van der Waals surface area contributed by atoms with Gasteiger partial charge in [-0.15, -0.1) is 0 Å². The van der Waals surface area contributed by atoms with Crippen LogP contribution in [0.4, 0.5) is 0 Å². The van der Waals surface area contributed by atoms with Crippen molar-refractivity contribution in [3.63, 3.8) is 0 Å². The Morgan fingerprint density at radius 3 is 1.42 bits per heavy atom. The monoisotopic (exact) mass is 674 g/mol. The molecule has 1 aliphatic rings. The van der Waals surface area contributed by atoms with Crippen molar-refractivity contribution in [1.82, 2.24) is 4.90 Å². The molecule has 0 aromatic rings. The van der Waals surface area contributed by atoms with Gasteiger partial charge in [0.05, 0.1) is 12.2 Å². The Morgan fingerprint density at radius 1 is 0.542 bits per heavy atom. The number of likely N-dealkylation sites (tertiary alicyclic amines) is 1. The third-order valence-electron chi connectivity index (χ3n) is 10.2. The van der Waals surface area contributed by atoms with Crippen molar-refractivity contribution < 1.29 is 14.9 Å². The van der Waals surface area contributed by atoms with Crippen LogP contribution in [-0.4, -0.2) is 53.2 Å². The summed E-state index contributed by atoms with van der Waals surface area (Å²) in [5, 5.41) is 22.5. The van der Waals surface area contributed by atoms with Gasteiger partial charge in [-0.2, -0.15) is 0 Å². The summed E-state index contributed by atoms with van der Waals surface area (Å²) in [5.74, 6) is -1.11. The lowest BCUT2D eigenvalue weighted by Crippen LogP contribution is -2.41. The van der Waals surface area contributed by atoms with Crippen molar-refractivity contribution in [3.05, 3.63) is 36.5 Å². The second-order valence-electron chi connectivity index (χ2n) is 15.1. The number of rotatable bonds is 33. The topological polar surface area (TPSA) is 52.9 Å². The van der Waals surface area contributed by atoms with Crippen LogP contribution in [0.5, 0.6) is 0 Å². The zero-order chi connectivity index (χ0) is 34.8. The van der Waals surface area contributed by atoms with Crippen LogP contribution in [0.3, 0.4) is 0 Å². The Labute approximate surface area is 300 Å². The molecule has 2 N–H and O–H groups in total. The van der Waals surface area contributed by atoms with Gasteiger partial charge < -0.3 is 19.8 Å². The maximum atomic E-state index is 11.7. The maximum Gasteiger partial charge on any atom is 0.165 e. The van der Waals surface area contributed by atoms with Gasteiger partial charge in [0, 0.05) is 25.9 Å². The summed E-state index contributed by atoms with van der Waals surface area (Å²) in [5.41, 5.74) is 0. The fourth-order valence-electron chi connectivity index (χ4n) is 6.89. The first kappa shape index (κ1) is 45.1. The van der Waals surface area contributed by atoms with Crippen LogP contribution < -0.4 is 0 Å². The third kappa shape index (κ3) is 27.8. The molecule has 1 unspecified atom stereocenters. The SMILES string of the molecule is CCCCC/C=C\C/C=C\CCCCCCCCC(O)(CCCCCCCC/C=C\CCCCCCCC)O[C@@H]1CCN(C)CC[C@H]1O. The molecular weight excluding hydrogens is 590 g/mol. The van der Waals surface area contributed by atoms with E-state index < -0.39 is 11.9 Å². The highest BCUT2D eigenvalue weighted by Crippen LogP contribution is 2.29. The van der Waals surface area contributed by atoms with Crippen LogP contribution in [0, 0.1) is 0 Å². The summed E-state index contributed by atoms with van der Waals surface area (Å²) in [6, 6.07) is 0. The minimum absolute atomic E-state index is 0.265. The summed E-state index contributed by atoms with van der Waals surface area (Å²) >= 11 is 0. The summed E-state index contributed by atoms with van der Waals surface area (Å²) in [7, 11) is 2.11. The molecule has 1 fully saturated rings. The number of nitrogens with zero attached hydrogens (tertiary/aromatic N) is 1. The molecule has 3 atom stereocenters. The fraction of sp³-hybridized carbons (Fsp3) is 0.864. The first-order valence-electron chi connectivity index (χ1n) is 21.2. The summed E-state index contributed by atoms with van der Waals surface area (Å²) in [6.07, 6.45) is 48.9. The van der Waals surface area contributed by atoms with E-state index in [0.29, 0.717) is 12.8 Å². The third-order valence-corrected chi connectivity index (χ3v) is 10.2. The van der Waals surface area contributed by atoms with E-state index >= 15 is 0 Å². The molecule has 0 bridgehead atoms. The standard InChI is InChI=1S/C44H83NO3/c1-4-6-8-10-12-14-16-18-20-22-24-26-28-30-32-34-38-44(47,48-43-37-41-45(3)40-36-42(43)46)39-35-33-31-29-27-25-23-21-19-17-15-13-11-9-7-5-2/h12,14,18-21,42-43,46-47H,4-11,13,15-17,22-41H2,1-3H3/b14-12-,20-18-,21-19-/t42-,43-,44?/m1/s1. The van der Waals surface area contributed by atoms with Crippen molar-refractivity contribution in [1.29, 1.82) is 0 Å². The first-order valence-corrected chi connectivity index (χ1v) is 21.2. The van der Waals surface area contributed by atoms with E-state index in [9.17, 15) is 10.2 Å². The van der Waals surface area contributed by atoms with Crippen LogP contribution >= 0.6 is 0 Å². The minimum Gasteiger partial charge on any atom is -0.390 e. The van der Waals surface area contributed by atoms with Gasteiger partial charge in [-0.3, -0.25) is 0 Å². The molecule has 0 aliphatic carbocycles. The van der Waals surface area contributed by atoms with Crippen molar-refractivity contribution in [2.24, 2.45) is 0 Å². The molecular formula is C44H83NO3. The smallest absolute Gasteiger partial charge is 0.165 e. The lowest BCUT2D eigenvalue weighted by Gasteiger charge is -2.34. The molecule has 1 aliphatic heterocycles. The summed E-state index contributed by atoms with van der Waals surface area (Å²) in [6.45, 7) is 6.34. The van der Waals surface area contributed by atoms with Crippen LogP contribution in [0.2, 0.25) is 0 Å². The highest BCUT2D eigenvalue weighted by atomic mass is 16.6. The molecule has 1 rings (SSSR count). The van der Waals surface area contributed by atoms with Crippen LogP contribution in [0.25, 0.3) is 0 Å².